The summed E-state index contributed by atoms with van der Waals surface area (Å²) in [6.45, 7) is 2.37. The predicted octanol–water partition coefficient (Wildman–Crippen LogP) is 3.21. The van der Waals surface area contributed by atoms with Crippen LogP contribution in [0, 0.1) is 18.8 Å². The number of imide groups is 1. The molecule has 4 atom stereocenters. The van der Waals surface area contributed by atoms with Crippen LogP contribution in [0.1, 0.15) is 24.1 Å². The van der Waals surface area contributed by atoms with Crippen LogP contribution in [0.5, 0.6) is 0 Å². The number of halogens is 2. The van der Waals surface area contributed by atoms with Crippen molar-refractivity contribution in [1.82, 2.24) is 9.78 Å². The average molecular weight is 406 g/mol. The van der Waals surface area contributed by atoms with Gasteiger partial charge in [-0.05, 0) is 37.5 Å². The monoisotopic (exact) mass is 405 g/mol. The van der Waals surface area contributed by atoms with Crippen LogP contribution in [0.15, 0.2) is 24.3 Å². The molecule has 0 radical (unpaired) electrons. The SMILES string of the molecule is Cc1cc(N2C(=O)[C@@H]3[C@@H](C2=O)[C@@H]2CC[C@@H]3O2)nn1Cc1ccc(Cl)c(Cl)c1. The maximum absolute atomic E-state index is 12.9. The van der Waals surface area contributed by atoms with Crippen LogP contribution in [0.3, 0.4) is 0 Å². The Bertz CT molecular complexity index is 945. The van der Waals surface area contributed by atoms with E-state index in [1.807, 2.05) is 13.0 Å². The Morgan fingerprint density at radius 3 is 2.37 bits per heavy atom. The molecule has 3 fully saturated rings. The van der Waals surface area contributed by atoms with Gasteiger partial charge in [-0.25, -0.2) is 4.90 Å². The third-order valence-corrected chi connectivity index (χ3v) is 6.54. The molecule has 3 aliphatic heterocycles. The number of benzene rings is 1. The Balaban J connectivity index is 1.43. The summed E-state index contributed by atoms with van der Waals surface area (Å²) in [6, 6.07) is 7.18. The van der Waals surface area contributed by atoms with Gasteiger partial charge >= 0.3 is 0 Å². The summed E-state index contributed by atoms with van der Waals surface area (Å²) in [5.41, 5.74) is 1.79. The van der Waals surface area contributed by atoms with E-state index in [2.05, 4.69) is 5.10 Å². The average Bonchev–Trinajstić information content (AvgIpc) is 3.37. The number of hydrogen-bond acceptors (Lipinski definition) is 4. The molecule has 4 heterocycles. The number of aromatic nitrogens is 2. The summed E-state index contributed by atoms with van der Waals surface area (Å²) in [4.78, 5) is 27.0. The lowest BCUT2D eigenvalue weighted by atomic mass is 9.81. The molecule has 2 amide bonds. The van der Waals surface area contributed by atoms with E-state index < -0.39 is 0 Å². The molecule has 0 saturated carbocycles. The molecular weight excluding hydrogens is 389 g/mol. The van der Waals surface area contributed by atoms with Crippen LogP contribution in [0.4, 0.5) is 5.82 Å². The summed E-state index contributed by atoms with van der Waals surface area (Å²) < 4.78 is 7.53. The zero-order valence-electron chi connectivity index (χ0n) is 14.6. The molecule has 0 aliphatic carbocycles. The fraction of sp³-hybridized carbons (Fsp3) is 0.421. The van der Waals surface area contributed by atoms with E-state index in [4.69, 9.17) is 27.9 Å². The van der Waals surface area contributed by atoms with Gasteiger partial charge in [-0.2, -0.15) is 5.10 Å². The molecule has 27 heavy (non-hydrogen) atoms. The molecule has 6 nitrogen and oxygen atoms in total. The molecule has 0 N–H and O–H groups in total. The first-order valence-corrected chi connectivity index (χ1v) is 9.71. The summed E-state index contributed by atoms with van der Waals surface area (Å²) in [7, 11) is 0. The van der Waals surface area contributed by atoms with Crippen molar-refractivity contribution in [3.8, 4) is 0 Å². The highest BCUT2D eigenvalue weighted by molar-refractivity contribution is 6.42. The lowest BCUT2D eigenvalue weighted by Crippen LogP contribution is -2.34. The van der Waals surface area contributed by atoms with E-state index in [0.717, 1.165) is 24.1 Å². The third-order valence-electron chi connectivity index (χ3n) is 5.80. The normalized spacial score (nSPS) is 29.1. The number of amides is 2. The lowest BCUT2D eigenvalue weighted by molar-refractivity contribution is -0.124. The number of aryl methyl sites for hydroxylation is 1. The molecule has 3 aliphatic rings. The molecule has 0 unspecified atom stereocenters. The number of anilines is 1. The van der Waals surface area contributed by atoms with Crippen LogP contribution in [0.25, 0.3) is 0 Å². The molecular formula is C19H17Cl2N3O3. The molecule has 140 valence electrons. The Hall–Kier alpha value is -1.89. The standard InChI is InChI=1S/C19H17Cl2N3O3/c1-9-6-15(22-23(9)8-10-2-3-11(20)12(21)7-10)24-18(25)16-13-4-5-14(27-13)17(16)19(24)26/h2-3,6-7,13-14,16-17H,4-5,8H2,1H3/t13-,14-,16-,17-/m0/s1. The van der Waals surface area contributed by atoms with E-state index in [9.17, 15) is 9.59 Å². The van der Waals surface area contributed by atoms with Gasteiger partial charge in [0.2, 0.25) is 11.8 Å². The van der Waals surface area contributed by atoms with Gasteiger partial charge in [0.1, 0.15) is 0 Å². The molecule has 2 bridgehead atoms. The second-order valence-corrected chi connectivity index (χ2v) is 8.22. The summed E-state index contributed by atoms with van der Waals surface area (Å²) in [5, 5.41) is 5.50. The van der Waals surface area contributed by atoms with Crippen LogP contribution in [0.2, 0.25) is 10.0 Å². The third kappa shape index (κ3) is 2.54. The zero-order valence-corrected chi connectivity index (χ0v) is 16.1. The largest absolute Gasteiger partial charge is 0.373 e. The fourth-order valence-corrected chi connectivity index (χ4v) is 4.83. The van der Waals surface area contributed by atoms with Crippen molar-refractivity contribution in [1.29, 1.82) is 0 Å². The molecule has 1 aromatic carbocycles. The lowest BCUT2D eigenvalue weighted by Gasteiger charge is -2.15. The van der Waals surface area contributed by atoms with Gasteiger partial charge in [0, 0.05) is 11.8 Å². The predicted molar refractivity (Wildman–Crippen MR) is 99.9 cm³/mol. The number of nitrogens with zero attached hydrogens (tertiary/aromatic N) is 3. The second-order valence-electron chi connectivity index (χ2n) is 7.40. The zero-order chi connectivity index (χ0) is 18.9. The number of ether oxygens (including phenoxy) is 1. The fourth-order valence-electron chi connectivity index (χ4n) is 4.51. The molecule has 1 aromatic heterocycles. The van der Waals surface area contributed by atoms with Crippen molar-refractivity contribution in [2.75, 3.05) is 4.90 Å². The maximum atomic E-state index is 12.9. The van der Waals surface area contributed by atoms with Crippen molar-refractivity contribution in [2.24, 2.45) is 11.8 Å². The number of rotatable bonds is 3. The molecule has 3 saturated heterocycles. The Kier molecular flexibility index (Phi) is 3.86. The van der Waals surface area contributed by atoms with Gasteiger partial charge in [0.05, 0.1) is 40.6 Å². The van der Waals surface area contributed by atoms with Gasteiger partial charge in [-0.3, -0.25) is 14.3 Å². The van der Waals surface area contributed by atoms with Crippen molar-refractivity contribution < 1.29 is 14.3 Å². The van der Waals surface area contributed by atoms with E-state index in [1.165, 1.54) is 4.90 Å². The van der Waals surface area contributed by atoms with E-state index in [-0.39, 0.29) is 35.9 Å². The summed E-state index contributed by atoms with van der Waals surface area (Å²) in [6.07, 6.45) is 1.45. The van der Waals surface area contributed by atoms with Gasteiger partial charge in [0.25, 0.3) is 0 Å². The number of carbonyl (C=O) groups is 2. The quantitative estimate of drug-likeness (QED) is 0.735. The minimum absolute atomic E-state index is 0.124. The smallest absolute Gasteiger partial charge is 0.241 e. The highest BCUT2D eigenvalue weighted by Crippen LogP contribution is 2.49. The van der Waals surface area contributed by atoms with E-state index in [1.54, 1.807) is 22.9 Å². The highest BCUT2D eigenvalue weighted by Gasteiger charge is 2.63. The first kappa shape index (κ1) is 17.2. The molecule has 0 spiro atoms. The minimum atomic E-state index is -0.350. The van der Waals surface area contributed by atoms with Crippen LogP contribution in [-0.2, 0) is 20.9 Å². The first-order chi connectivity index (χ1) is 12.9. The van der Waals surface area contributed by atoms with Gasteiger partial charge in [-0.1, -0.05) is 29.3 Å². The summed E-state index contributed by atoms with van der Waals surface area (Å²) in [5.74, 6) is -0.683. The topological polar surface area (TPSA) is 64.4 Å². The number of hydrogen-bond donors (Lipinski definition) is 0. The Morgan fingerprint density at radius 2 is 1.74 bits per heavy atom. The van der Waals surface area contributed by atoms with Gasteiger partial charge < -0.3 is 4.74 Å². The minimum Gasteiger partial charge on any atom is -0.373 e. The van der Waals surface area contributed by atoms with Crippen molar-refractivity contribution in [2.45, 2.75) is 38.5 Å². The van der Waals surface area contributed by atoms with Gasteiger partial charge in [0.15, 0.2) is 5.82 Å². The highest BCUT2D eigenvalue weighted by atomic mass is 35.5. The number of carbonyl (C=O) groups excluding carboxylic acids is 2. The second kappa shape index (κ2) is 6.06. The summed E-state index contributed by atoms with van der Waals surface area (Å²) >= 11 is 12.0. The van der Waals surface area contributed by atoms with Gasteiger partial charge in [-0.15, -0.1) is 0 Å². The van der Waals surface area contributed by atoms with E-state index in [0.29, 0.717) is 22.4 Å². The van der Waals surface area contributed by atoms with Crippen LogP contribution < -0.4 is 4.90 Å². The number of fused-ring (bicyclic) bond motifs is 5. The van der Waals surface area contributed by atoms with Crippen molar-refractivity contribution in [3.05, 3.63) is 45.6 Å². The van der Waals surface area contributed by atoms with Crippen molar-refractivity contribution >= 4 is 40.8 Å². The molecule has 8 heteroatoms. The first-order valence-electron chi connectivity index (χ1n) is 8.95. The molecule has 2 aromatic rings. The van der Waals surface area contributed by atoms with Crippen LogP contribution >= 0.6 is 23.2 Å². The maximum Gasteiger partial charge on any atom is 0.241 e. The van der Waals surface area contributed by atoms with Crippen LogP contribution in [-0.4, -0.2) is 33.8 Å². The Morgan fingerprint density at radius 1 is 1.07 bits per heavy atom. The van der Waals surface area contributed by atoms with E-state index >= 15 is 0 Å². The molecule has 5 rings (SSSR count). The van der Waals surface area contributed by atoms with Crippen molar-refractivity contribution in [3.63, 3.8) is 0 Å². The Labute approximate surface area is 166 Å².